The summed E-state index contributed by atoms with van der Waals surface area (Å²) < 4.78 is 20.7. The number of hydrogen-bond acceptors (Lipinski definition) is 6. The number of nitrogens with zero attached hydrogens (tertiary/aromatic N) is 5. The SMILES string of the molecule is CN1CCC(c2n[nH]c(-c3cc4c(-c5ccc(C(=O)N6CCOCC6)cc5)c[nH]c4nn3)c2F)CC1. The highest BCUT2D eigenvalue weighted by Crippen LogP contribution is 2.34. The molecule has 10 heteroatoms. The van der Waals surface area contributed by atoms with E-state index in [0.29, 0.717) is 48.9 Å². The van der Waals surface area contributed by atoms with Crippen molar-refractivity contribution in [2.24, 2.45) is 0 Å². The molecular formula is C26H28FN7O2. The zero-order valence-corrected chi connectivity index (χ0v) is 20.1. The van der Waals surface area contributed by atoms with E-state index in [1.165, 1.54) is 0 Å². The van der Waals surface area contributed by atoms with Crippen LogP contribution in [0.5, 0.6) is 0 Å². The van der Waals surface area contributed by atoms with Gasteiger partial charge in [0.2, 0.25) is 0 Å². The predicted octanol–water partition coefficient (Wildman–Crippen LogP) is 3.44. The van der Waals surface area contributed by atoms with Crippen molar-refractivity contribution >= 4 is 16.9 Å². The van der Waals surface area contributed by atoms with Crippen molar-refractivity contribution in [2.75, 3.05) is 46.4 Å². The molecule has 0 saturated carbocycles. The van der Waals surface area contributed by atoms with Crippen LogP contribution >= 0.6 is 0 Å². The molecule has 1 amide bonds. The summed E-state index contributed by atoms with van der Waals surface area (Å²) in [6, 6.07) is 9.35. The van der Waals surface area contributed by atoms with E-state index in [4.69, 9.17) is 4.74 Å². The second kappa shape index (κ2) is 9.44. The number of rotatable bonds is 4. The van der Waals surface area contributed by atoms with Gasteiger partial charge in [-0.1, -0.05) is 12.1 Å². The molecule has 0 spiro atoms. The molecule has 2 saturated heterocycles. The summed E-state index contributed by atoms with van der Waals surface area (Å²) in [5.74, 6) is -0.238. The largest absolute Gasteiger partial charge is 0.378 e. The van der Waals surface area contributed by atoms with Gasteiger partial charge in [-0.05, 0) is 56.7 Å². The van der Waals surface area contributed by atoms with Crippen LogP contribution in [0.25, 0.3) is 33.5 Å². The Morgan fingerprint density at radius 1 is 1.08 bits per heavy atom. The van der Waals surface area contributed by atoms with Crippen molar-refractivity contribution in [2.45, 2.75) is 18.8 Å². The Hall–Kier alpha value is -3.63. The summed E-state index contributed by atoms with van der Waals surface area (Å²) in [7, 11) is 2.08. The van der Waals surface area contributed by atoms with E-state index < -0.39 is 0 Å². The summed E-state index contributed by atoms with van der Waals surface area (Å²) in [6.45, 7) is 4.21. The Morgan fingerprint density at radius 2 is 1.83 bits per heavy atom. The number of benzene rings is 1. The number of carbonyl (C=O) groups excluding carboxylic acids is 1. The van der Waals surface area contributed by atoms with Crippen molar-refractivity contribution in [1.29, 1.82) is 0 Å². The van der Waals surface area contributed by atoms with Crippen LogP contribution in [0.4, 0.5) is 4.39 Å². The minimum absolute atomic E-state index is 0.00654. The molecule has 0 aliphatic carbocycles. The van der Waals surface area contributed by atoms with Crippen molar-refractivity contribution in [3.05, 3.63) is 53.6 Å². The zero-order valence-electron chi connectivity index (χ0n) is 20.1. The Labute approximate surface area is 207 Å². The third-order valence-electron chi connectivity index (χ3n) is 7.27. The molecule has 9 nitrogen and oxygen atoms in total. The molecule has 0 atom stereocenters. The zero-order chi connectivity index (χ0) is 24.6. The molecule has 0 unspecified atom stereocenters. The van der Waals surface area contributed by atoms with Crippen LogP contribution in [0.3, 0.4) is 0 Å². The van der Waals surface area contributed by atoms with Gasteiger partial charge < -0.3 is 19.5 Å². The Bertz CT molecular complexity index is 1380. The van der Waals surface area contributed by atoms with E-state index in [0.717, 1.165) is 42.4 Å². The molecule has 2 aliphatic heterocycles. The number of aromatic nitrogens is 5. The van der Waals surface area contributed by atoms with Gasteiger partial charge in [0, 0.05) is 41.7 Å². The molecule has 1 aromatic carbocycles. The number of nitrogens with one attached hydrogen (secondary N) is 2. The minimum Gasteiger partial charge on any atom is -0.378 e. The lowest BCUT2D eigenvalue weighted by Crippen LogP contribution is -2.40. The number of morpholine rings is 1. The van der Waals surface area contributed by atoms with E-state index in [-0.39, 0.29) is 23.3 Å². The number of ether oxygens (including phenoxy) is 1. The maximum atomic E-state index is 15.4. The maximum absolute atomic E-state index is 15.4. The normalized spacial score (nSPS) is 17.7. The molecule has 36 heavy (non-hydrogen) atoms. The van der Waals surface area contributed by atoms with Crippen LogP contribution in [0.1, 0.15) is 34.8 Å². The van der Waals surface area contributed by atoms with Crippen LogP contribution in [0, 0.1) is 5.82 Å². The Kier molecular flexibility index (Phi) is 5.98. The van der Waals surface area contributed by atoms with E-state index in [1.54, 1.807) is 0 Å². The fraction of sp³-hybridized carbons (Fsp3) is 0.385. The number of likely N-dealkylation sites (tertiary alicyclic amines) is 1. The van der Waals surface area contributed by atoms with Gasteiger partial charge in [0.05, 0.1) is 13.2 Å². The molecule has 0 bridgehead atoms. The van der Waals surface area contributed by atoms with Crippen LogP contribution in [0.15, 0.2) is 36.5 Å². The number of halogens is 1. The molecule has 186 valence electrons. The highest BCUT2D eigenvalue weighted by atomic mass is 19.1. The van der Waals surface area contributed by atoms with Crippen LogP contribution < -0.4 is 0 Å². The van der Waals surface area contributed by atoms with Gasteiger partial charge in [-0.15, -0.1) is 10.2 Å². The lowest BCUT2D eigenvalue weighted by Gasteiger charge is -2.27. The predicted molar refractivity (Wildman–Crippen MR) is 133 cm³/mol. The number of fused-ring (bicyclic) bond motifs is 1. The first-order valence-electron chi connectivity index (χ1n) is 12.3. The van der Waals surface area contributed by atoms with Gasteiger partial charge in [-0.3, -0.25) is 9.89 Å². The molecule has 4 aromatic rings. The second-order valence-electron chi connectivity index (χ2n) is 9.55. The quantitative estimate of drug-likeness (QED) is 0.455. The minimum atomic E-state index is -0.346. The van der Waals surface area contributed by atoms with E-state index in [2.05, 4.69) is 37.3 Å². The van der Waals surface area contributed by atoms with Crippen molar-refractivity contribution < 1.29 is 13.9 Å². The highest BCUT2D eigenvalue weighted by Gasteiger charge is 2.27. The average molecular weight is 490 g/mol. The number of piperidine rings is 1. The van der Waals surface area contributed by atoms with Crippen molar-refractivity contribution in [3.8, 4) is 22.5 Å². The molecule has 2 N–H and O–H groups in total. The van der Waals surface area contributed by atoms with Crippen LogP contribution in [0.2, 0.25) is 0 Å². The number of H-pyrrole nitrogens is 2. The third-order valence-corrected chi connectivity index (χ3v) is 7.27. The lowest BCUT2D eigenvalue weighted by atomic mass is 9.93. The number of aromatic amines is 2. The molecule has 2 aliphatic rings. The summed E-state index contributed by atoms with van der Waals surface area (Å²) in [6.07, 6.45) is 3.62. The summed E-state index contributed by atoms with van der Waals surface area (Å²) in [5.41, 5.74) is 4.23. The second-order valence-corrected chi connectivity index (χ2v) is 9.55. The first-order chi connectivity index (χ1) is 17.6. The summed E-state index contributed by atoms with van der Waals surface area (Å²) >= 11 is 0. The van der Waals surface area contributed by atoms with E-state index in [1.807, 2.05) is 41.4 Å². The standard InChI is InChI=1S/C26H28FN7O2/c1-33-8-6-17(7-9-33)23-22(27)24(31-30-23)21-14-19-20(15-28-25(19)32-29-21)16-2-4-18(5-3-16)26(35)34-10-12-36-13-11-34/h2-5,14-15,17H,6-13H2,1H3,(H,28,32)(H,30,31). The first-order valence-corrected chi connectivity index (χ1v) is 12.3. The fourth-order valence-corrected chi connectivity index (χ4v) is 5.09. The average Bonchev–Trinajstić information content (AvgIpc) is 3.52. The number of hydrogen-bond donors (Lipinski definition) is 2. The van der Waals surface area contributed by atoms with E-state index >= 15 is 4.39 Å². The molecular weight excluding hydrogens is 461 g/mol. The van der Waals surface area contributed by atoms with E-state index in [9.17, 15) is 4.79 Å². The topological polar surface area (TPSA) is 103 Å². The number of carbonyl (C=O) groups is 1. The van der Waals surface area contributed by atoms with Gasteiger partial charge in [0.1, 0.15) is 17.1 Å². The summed E-state index contributed by atoms with van der Waals surface area (Å²) in [4.78, 5) is 20.0. The van der Waals surface area contributed by atoms with Gasteiger partial charge >= 0.3 is 0 Å². The van der Waals surface area contributed by atoms with Crippen LogP contribution in [-0.4, -0.2) is 87.5 Å². The Morgan fingerprint density at radius 3 is 2.58 bits per heavy atom. The van der Waals surface area contributed by atoms with Crippen molar-refractivity contribution in [3.63, 3.8) is 0 Å². The molecule has 6 rings (SSSR count). The monoisotopic (exact) mass is 489 g/mol. The van der Waals surface area contributed by atoms with Gasteiger partial charge in [-0.25, -0.2) is 4.39 Å². The van der Waals surface area contributed by atoms with Gasteiger partial charge in [0.25, 0.3) is 5.91 Å². The number of amides is 1. The molecule has 3 aromatic heterocycles. The smallest absolute Gasteiger partial charge is 0.254 e. The lowest BCUT2D eigenvalue weighted by molar-refractivity contribution is 0.0303. The third kappa shape index (κ3) is 4.16. The molecule has 0 radical (unpaired) electrons. The maximum Gasteiger partial charge on any atom is 0.254 e. The van der Waals surface area contributed by atoms with Gasteiger partial charge in [0.15, 0.2) is 11.5 Å². The fourth-order valence-electron chi connectivity index (χ4n) is 5.09. The first kappa shape index (κ1) is 22.8. The highest BCUT2D eigenvalue weighted by molar-refractivity contribution is 5.97. The van der Waals surface area contributed by atoms with Crippen molar-refractivity contribution in [1.82, 2.24) is 35.2 Å². The summed E-state index contributed by atoms with van der Waals surface area (Å²) in [5, 5.41) is 16.5. The Balaban J connectivity index is 1.28. The van der Waals surface area contributed by atoms with Gasteiger partial charge in [-0.2, -0.15) is 5.10 Å². The molecule has 5 heterocycles. The molecule has 2 fully saturated rings. The van der Waals surface area contributed by atoms with Crippen LogP contribution in [-0.2, 0) is 4.74 Å².